The van der Waals surface area contributed by atoms with Gasteiger partial charge in [-0.25, -0.2) is 9.97 Å². The molecule has 6 heteroatoms. The number of halogens is 1. The molecule has 0 aliphatic rings. The number of hydrogen-bond donors (Lipinski definition) is 2. The Morgan fingerprint density at radius 1 is 0.952 bits per heavy atom. The van der Waals surface area contributed by atoms with E-state index in [4.69, 9.17) is 17.3 Å². The third-order valence-corrected chi connectivity index (χ3v) is 3.02. The second-order valence-electron chi connectivity index (χ2n) is 4.44. The molecule has 3 aromatic rings. The Morgan fingerprint density at radius 3 is 2.48 bits per heavy atom. The molecular weight excluding hydrogens is 286 g/mol. The first kappa shape index (κ1) is 13.3. The van der Waals surface area contributed by atoms with Gasteiger partial charge in [0.25, 0.3) is 0 Å². The molecule has 3 N–H and O–H groups in total. The van der Waals surface area contributed by atoms with Crippen LogP contribution in [0.15, 0.2) is 55.1 Å². The number of nitrogens with two attached hydrogens (primary N) is 1. The van der Waals surface area contributed by atoms with Gasteiger partial charge in [-0.2, -0.15) is 0 Å². The maximum Gasteiger partial charge on any atom is 0.160 e. The fourth-order valence-electron chi connectivity index (χ4n) is 1.85. The van der Waals surface area contributed by atoms with Gasteiger partial charge in [0.15, 0.2) is 5.82 Å². The number of anilines is 3. The van der Waals surface area contributed by atoms with Crippen LogP contribution >= 0.6 is 11.6 Å². The molecule has 104 valence electrons. The van der Waals surface area contributed by atoms with Crippen molar-refractivity contribution in [3.05, 3.63) is 60.1 Å². The second kappa shape index (κ2) is 5.76. The SMILES string of the molecule is Nc1cncc(-c2ncc(Nc3cccc(Cl)c3)cn2)c1. The van der Waals surface area contributed by atoms with Gasteiger partial charge in [0.2, 0.25) is 0 Å². The first-order chi connectivity index (χ1) is 10.2. The first-order valence-corrected chi connectivity index (χ1v) is 6.64. The molecule has 0 spiro atoms. The summed E-state index contributed by atoms with van der Waals surface area (Å²) in [6, 6.07) is 9.22. The van der Waals surface area contributed by atoms with Crippen LogP contribution in [0.2, 0.25) is 5.02 Å². The lowest BCUT2D eigenvalue weighted by Crippen LogP contribution is -1.95. The number of benzene rings is 1. The molecule has 0 atom stereocenters. The number of hydrogen-bond acceptors (Lipinski definition) is 5. The van der Waals surface area contributed by atoms with E-state index in [0.717, 1.165) is 16.9 Å². The Morgan fingerprint density at radius 2 is 1.76 bits per heavy atom. The Kier molecular flexibility index (Phi) is 3.66. The predicted octanol–water partition coefficient (Wildman–Crippen LogP) is 3.52. The topological polar surface area (TPSA) is 76.7 Å². The highest BCUT2D eigenvalue weighted by molar-refractivity contribution is 6.30. The maximum absolute atomic E-state index is 5.94. The number of nitrogens with one attached hydrogen (secondary N) is 1. The van der Waals surface area contributed by atoms with Gasteiger partial charge in [-0.05, 0) is 24.3 Å². The standard InChI is InChI=1S/C15H12ClN5/c16-11-2-1-3-13(5-11)21-14-8-19-15(20-9-14)10-4-12(17)7-18-6-10/h1-9,21H,17H2. The van der Waals surface area contributed by atoms with Crippen LogP contribution in [0, 0.1) is 0 Å². The van der Waals surface area contributed by atoms with E-state index in [2.05, 4.69) is 20.3 Å². The fraction of sp³-hybridized carbons (Fsp3) is 0. The third kappa shape index (κ3) is 3.27. The van der Waals surface area contributed by atoms with Crippen molar-refractivity contribution in [3.8, 4) is 11.4 Å². The van der Waals surface area contributed by atoms with Gasteiger partial charge in [0.05, 0.1) is 23.8 Å². The molecule has 0 amide bonds. The van der Waals surface area contributed by atoms with Crippen molar-refractivity contribution >= 4 is 28.7 Å². The van der Waals surface area contributed by atoms with Crippen LogP contribution in [0.5, 0.6) is 0 Å². The zero-order valence-electron chi connectivity index (χ0n) is 11.0. The quantitative estimate of drug-likeness (QED) is 0.773. The van der Waals surface area contributed by atoms with Crippen molar-refractivity contribution in [1.29, 1.82) is 0 Å². The van der Waals surface area contributed by atoms with E-state index in [1.54, 1.807) is 30.9 Å². The maximum atomic E-state index is 5.94. The van der Waals surface area contributed by atoms with Crippen LogP contribution in [0.1, 0.15) is 0 Å². The van der Waals surface area contributed by atoms with Gasteiger partial charge in [-0.1, -0.05) is 17.7 Å². The molecule has 0 saturated heterocycles. The van der Waals surface area contributed by atoms with Crippen LogP contribution in [-0.2, 0) is 0 Å². The Balaban J connectivity index is 1.81. The lowest BCUT2D eigenvalue weighted by Gasteiger charge is -2.07. The minimum Gasteiger partial charge on any atom is -0.397 e. The molecule has 21 heavy (non-hydrogen) atoms. The number of aromatic nitrogens is 3. The van der Waals surface area contributed by atoms with Crippen LogP contribution in [0.25, 0.3) is 11.4 Å². The molecule has 0 aliphatic heterocycles. The Hall–Kier alpha value is -2.66. The lowest BCUT2D eigenvalue weighted by atomic mass is 10.2. The highest BCUT2D eigenvalue weighted by Crippen LogP contribution is 2.21. The van der Waals surface area contributed by atoms with Crippen molar-refractivity contribution in [3.63, 3.8) is 0 Å². The smallest absolute Gasteiger partial charge is 0.160 e. The van der Waals surface area contributed by atoms with E-state index >= 15 is 0 Å². The van der Waals surface area contributed by atoms with E-state index in [1.165, 1.54) is 0 Å². The van der Waals surface area contributed by atoms with E-state index < -0.39 is 0 Å². The highest BCUT2D eigenvalue weighted by atomic mass is 35.5. The van der Waals surface area contributed by atoms with E-state index in [1.807, 2.05) is 24.3 Å². The van der Waals surface area contributed by atoms with Crippen molar-refractivity contribution < 1.29 is 0 Å². The summed E-state index contributed by atoms with van der Waals surface area (Å²) >= 11 is 5.94. The summed E-state index contributed by atoms with van der Waals surface area (Å²) in [5, 5.41) is 3.85. The van der Waals surface area contributed by atoms with Crippen LogP contribution < -0.4 is 11.1 Å². The zero-order valence-corrected chi connectivity index (χ0v) is 11.7. The van der Waals surface area contributed by atoms with Gasteiger partial charge >= 0.3 is 0 Å². The number of nitrogen functional groups attached to an aromatic ring is 1. The molecule has 0 fully saturated rings. The molecule has 5 nitrogen and oxygen atoms in total. The molecule has 0 bridgehead atoms. The first-order valence-electron chi connectivity index (χ1n) is 6.26. The second-order valence-corrected chi connectivity index (χ2v) is 4.87. The molecule has 2 heterocycles. The Labute approximate surface area is 126 Å². The molecule has 0 saturated carbocycles. The molecule has 0 radical (unpaired) electrons. The summed E-state index contributed by atoms with van der Waals surface area (Å²) in [6.45, 7) is 0. The van der Waals surface area contributed by atoms with E-state index in [-0.39, 0.29) is 0 Å². The summed E-state index contributed by atoms with van der Waals surface area (Å²) < 4.78 is 0. The predicted molar refractivity (Wildman–Crippen MR) is 84.4 cm³/mol. The van der Waals surface area contributed by atoms with E-state index in [9.17, 15) is 0 Å². The third-order valence-electron chi connectivity index (χ3n) is 2.78. The molecule has 3 rings (SSSR count). The molecule has 1 aromatic carbocycles. The summed E-state index contributed by atoms with van der Waals surface area (Å²) in [6.07, 6.45) is 6.66. The van der Waals surface area contributed by atoms with Gasteiger partial charge in [0, 0.05) is 28.7 Å². The number of rotatable bonds is 3. The van der Waals surface area contributed by atoms with Crippen LogP contribution in [-0.4, -0.2) is 15.0 Å². The van der Waals surface area contributed by atoms with Crippen molar-refractivity contribution in [2.45, 2.75) is 0 Å². The highest BCUT2D eigenvalue weighted by Gasteiger charge is 2.03. The average Bonchev–Trinajstić information content (AvgIpc) is 2.48. The van der Waals surface area contributed by atoms with Crippen molar-refractivity contribution in [2.75, 3.05) is 11.1 Å². The van der Waals surface area contributed by atoms with Crippen molar-refractivity contribution in [1.82, 2.24) is 15.0 Å². The minimum absolute atomic E-state index is 0.575. The van der Waals surface area contributed by atoms with Crippen LogP contribution in [0.4, 0.5) is 17.1 Å². The van der Waals surface area contributed by atoms with Gasteiger partial charge in [-0.15, -0.1) is 0 Å². The summed E-state index contributed by atoms with van der Waals surface area (Å²) in [5.41, 5.74) is 8.72. The number of pyridine rings is 1. The molecule has 0 aliphatic carbocycles. The zero-order chi connectivity index (χ0) is 14.7. The largest absolute Gasteiger partial charge is 0.397 e. The van der Waals surface area contributed by atoms with Gasteiger partial charge in [0.1, 0.15) is 0 Å². The monoisotopic (exact) mass is 297 g/mol. The Bertz CT molecular complexity index is 758. The average molecular weight is 298 g/mol. The lowest BCUT2D eigenvalue weighted by molar-refractivity contribution is 1.16. The number of nitrogens with zero attached hydrogens (tertiary/aromatic N) is 3. The minimum atomic E-state index is 0.575. The summed E-state index contributed by atoms with van der Waals surface area (Å²) in [4.78, 5) is 12.6. The fourth-order valence-corrected chi connectivity index (χ4v) is 2.04. The molecular formula is C15H12ClN5. The summed E-state index contributed by atoms with van der Waals surface area (Å²) in [7, 11) is 0. The molecule has 2 aromatic heterocycles. The molecule has 0 unspecified atom stereocenters. The van der Waals surface area contributed by atoms with Crippen LogP contribution in [0.3, 0.4) is 0 Å². The van der Waals surface area contributed by atoms with Gasteiger partial charge < -0.3 is 11.1 Å². The van der Waals surface area contributed by atoms with Crippen molar-refractivity contribution in [2.24, 2.45) is 0 Å². The summed E-state index contributed by atoms with van der Waals surface area (Å²) in [5.74, 6) is 0.575. The normalized spacial score (nSPS) is 10.3. The van der Waals surface area contributed by atoms with E-state index in [0.29, 0.717) is 16.5 Å². The van der Waals surface area contributed by atoms with Gasteiger partial charge in [-0.3, -0.25) is 4.98 Å².